The number of carbonyl (C=O) groups excluding carboxylic acids is 2. The van der Waals surface area contributed by atoms with E-state index in [1.807, 2.05) is 6.92 Å². The molecule has 0 fully saturated rings. The first-order valence-electron chi connectivity index (χ1n) is 6.00. The highest BCUT2D eigenvalue weighted by Gasteiger charge is 2.15. The third-order valence-corrected chi connectivity index (χ3v) is 2.33. The Balaban J connectivity index is 3.08. The number of hydrogen-bond donors (Lipinski definition) is 0. The maximum Gasteiger partial charge on any atom is 0.338 e. The molecule has 0 spiro atoms. The molecular weight excluding hydrogens is 232 g/mol. The average molecular weight is 250 g/mol. The van der Waals surface area contributed by atoms with Crippen LogP contribution in [0.25, 0.3) is 0 Å². The van der Waals surface area contributed by atoms with Crippen LogP contribution in [0, 0.1) is 0 Å². The molecule has 0 radical (unpaired) electrons. The zero-order chi connectivity index (χ0) is 13.5. The number of rotatable bonds is 6. The van der Waals surface area contributed by atoms with Crippen LogP contribution in [0.15, 0.2) is 18.2 Å². The minimum Gasteiger partial charge on any atom is -0.494 e. The van der Waals surface area contributed by atoms with Crippen molar-refractivity contribution in [1.29, 1.82) is 0 Å². The maximum atomic E-state index is 11.8. The summed E-state index contributed by atoms with van der Waals surface area (Å²) in [7, 11) is 0. The number of ether oxygens (including phenoxy) is 2. The van der Waals surface area contributed by atoms with E-state index in [9.17, 15) is 9.59 Å². The summed E-state index contributed by atoms with van der Waals surface area (Å²) in [5.74, 6) is 0.188. The zero-order valence-electron chi connectivity index (χ0n) is 11.0. The second-order valence-corrected chi connectivity index (χ2v) is 3.85. The van der Waals surface area contributed by atoms with Gasteiger partial charge in [0, 0.05) is 6.42 Å². The SMILES string of the molecule is CCOC(=O)c1cc(OCC)ccc1CC(C)=O. The number of carbonyl (C=O) groups is 2. The number of benzene rings is 1. The van der Waals surface area contributed by atoms with Gasteiger partial charge in [-0.3, -0.25) is 4.79 Å². The summed E-state index contributed by atoms with van der Waals surface area (Å²) in [6, 6.07) is 5.11. The van der Waals surface area contributed by atoms with E-state index in [0.717, 1.165) is 0 Å². The van der Waals surface area contributed by atoms with E-state index in [-0.39, 0.29) is 12.2 Å². The van der Waals surface area contributed by atoms with Crippen molar-refractivity contribution >= 4 is 11.8 Å². The molecule has 0 N–H and O–H groups in total. The van der Waals surface area contributed by atoms with E-state index in [1.165, 1.54) is 6.92 Å². The van der Waals surface area contributed by atoms with Gasteiger partial charge < -0.3 is 9.47 Å². The standard InChI is InChI=1S/C14H18O4/c1-4-17-12-7-6-11(8-10(3)15)13(9-12)14(16)18-5-2/h6-7,9H,4-5,8H2,1-3H3. The summed E-state index contributed by atoms with van der Waals surface area (Å²) in [5.41, 5.74) is 1.07. The first kappa shape index (κ1) is 14.2. The van der Waals surface area contributed by atoms with E-state index >= 15 is 0 Å². The number of hydrogen-bond acceptors (Lipinski definition) is 4. The van der Waals surface area contributed by atoms with Crippen LogP contribution < -0.4 is 4.74 Å². The van der Waals surface area contributed by atoms with Gasteiger partial charge in [-0.2, -0.15) is 0 Å². The highest BCUT2D eigenvalue weighted by Crippen LogP contribution is 2.20. The van der Waals surface area contributed by atoms with Gasteiger partial charge in [-0.25, -0.2) is 4.79 Å². The second kappa shape index (κ2) is 6.79. The van der Waals surface area contributed by atoms with Gasteiger partial charge in [0.1, 0.15) is 11.5 Å². The molecule has 1 aromatic carbocycles. The summed E-state index contributed by atoms with van der Waals surface area (Å²) in [4.78, 5) is 23.0. The normalized spacial score (nSPS) is 9.94. The fraction of sp³-hybridized carbons (Fsp3) is 0.429. The maximum absolute atomic E-state index is 11.8. The van der Waals surface area contributed by atoms with Gasteiger partial charge in [-0.15, -0.1) is 0 Å². The smallest absolute Gasteiger partial charge is 0.338 e. The van der Waals surface area contributed by atoms with Crippen molar-refractivity contribution in [3.05, 3.63) is 29.3 Å². The molecule has 1 rings (SSSR count). The van der Waals surface area contributed by atoms with Gasteiger partial charge >= 0.3 is 5.97 Å². The van der Waals surface area contributed by atoms with Crippen LogP contribution in [0.4, 0.5) is 0 Å². The molecule has 18 heavy (non-hydrogen) atoms. The van der Waals surface area contributed by atoms with Gasteiger partial charge in [0.05, 0.1) is 18.8 Å². The number of esters is 1. The Bertz CT molecular complexity index is 437. The molecule has 0 amide bonds. The Morgan fingerprint density at radius 2 is 1.89 bits per heavy atom. The van der Waals surface area contributed by atoms with Crippen molar-refractivity contribution in [3.8, 4) is 5.75 Å². The predicted molar refractivity (Wildman–Crippen MR) is 68.0 cm³/mol. The van der Waals surface area contributed by atoms with Crippen LogP contribution >= 0.6 is 0 Å². The summed E-state index contributed by atoms with van der Waals surface area (Å²) in [5, 5.41) is 0. The van der Waals surface area contributed by atoms with Crippen molar-refractivity contribution in [2.24, 2.45) is 0 Å². The minimum absolute atomic E-state index is 0.00436. The summed E-state index contributed by atoms with van der Waals surface area (Å²) in [6.45, 7) is 5.93. The molecular formula is C14H18O4. The minimum atomic E-state index is -0.421. The first-order chi connectivity index (χ1) is 8.58. The van der Waals surface area contributed by atoms with Gasteiger partial charge in [0.2, 0.25) is 0 Å². The molecule has 0 atom stereocenters. The Kier molecular flexibility index (Phi) is 5.36. The highest BCUT2D eigenvalue weighted by molar-refractivity contribution is 5.93. The highest BCUT2D eigenvalue weighted by atomic mass is 16.5. The molecule has 0 aliphatic heterocycles. The summed E-state index contributed by atoms with van der Waals surface area (Å²) in [6.07, 6.45) is 0.223. The largest absolute Gasteiger partial charge is 0.494 e. The first-order valence-corrected chi connectivity index (χ1v) is 6.00. The van der Waals surface area contributed by atoms with Gasteiger partial charge in [0.15, 0.2) is 0 Å². The van der Waals surface area contributed by atoms with Gasteiger partial charge in [-0.05, 0) is 38.5 Å². The van der Waals surface area contributed by atoms with Crippen LogP contribution in [-0.2, 0) is 16.0 Å². The predicted octanol–water partition coefficient (Wildman–Crippen LogP) is 2.39. The fourth-order valence-corrected chi connectivity index (χ4v) is 1.63. The van der Waals surface area contributed by atoms with E-state index < -0.39 is 5.97 Å². The van der Waals surface area contributed by atoms with E-state index in [4.69, 9.17) is 9.47 Å². The molecule has 0 saturated heterocycles. The number of Topliss-reactive ketones (excluding diaryl/α,β-unsaturated/α-hetero) is 1. The van der Waals surface area contributed by atoms with Crippen molar-refractivity contribution in [2.75, 3.05) is 13.2 Å². The van der Waals surface area contributed by atoms with E-state index in [1.54, 1.807) is 25.1 Å². The molecule has 0 aliphatic rings. The molecule has 98 valence electrons. The Labute approximate surface area is 107 Å². The van der Waals surface area contributed by atoms with Crippen molar-refractivity contribution in [2.45, 2.75) is 27.2 Å². The zero-order valence-corrected chi connectivity index (χ0v) is 11.0. The lowest BCUT2D eigenvalue weighted by Gasteiger charge is -2.10. The third-order valence-electron chi connectivity index (χ3n) is 2.33. The monoisotopic (exact) mass is 250 g/mol. The van der Waals surface area contributed by atoms with Crippen LogP contribution in [0.5, 0.6) is 5.75 Å². The van der Waals surface area contributed by atoms with Crippen molar-refractivity contribution in [3.63, 3.8) is 0 Å². The summed E-state index contributed by atoms with van der Waals surface area (Å²) < 4.78 is 10.3. The molecule has 0 aliphatic carbocycles. The summed E-state index contributed by atoms with van der Waals surface area (Å²) >= 11 is 0. The Morgan fingerprint density at radius 3 is 2.44 bits per heavy atom. The van der Waals surface area contributed by atoms with Crippen LogP contribution in [0.3, 0.4) is 0 Å². The average Bonchev–Trinajstić information content (AvgIpc) is 2.31. The number of ketones is 1. The third kappa shape index (κ3) is 3.87. The van der Waals surface area contributed by atoms with Crippen LogP contribution in [-0.4, -0.2) is 25.0 Å². The topological polar surface area (TPSA) is 52.6 Å². The second-order valence-electron chi connectivity index (χ2n) is 3.85. The molecule has 4 nitrogen and oxygen atoms in total. The van der Waals surface area contributed by atoms with Crippen LogP contribution in [0.2, 0.25) is 0 Å². The molecule has 0 saturated carbocycles. The molecule has 0 unspecified atom stereocenters. The molecule has 1 aromatic rings. The lowest BCUT2D eigenvalue weighted by atomic mass is 10.0. The van der Waals surface area contributed by atoms with E-state index in [0.29, 0.717) is 30.1 Å². The van der Waals surface area contributed by atoms with Crippen molar-refractivity contribution in [1.82, 2.24) is 0 Å². The van der Waals surface area contributed by atoms with Crippen LogP contribution in [0.1, 0.15) is 36.7 Å². The fourth-order valence-electron chi connectivity index (χ4n) is 1.63. The molecule has 4 heteroatoms. The lowest BCUT2D eigenvalue weighted by molar-refractivity contribution is -0.116. The van der Waals surface area contributed by atoms with E-state index in [2.05, 4.69) is 0 Å². The molecule has 0 bridgehead atoms. The quantitative estimate of drug-likeness (QED) is 0.727. The lowest BCUT2D eigenvalue weighted by Crippen LogP contribution is -2.10. The van der Waals surface area contributed by atoms with Crippen molar-refractivity contribution < 1.29 is 19.1 Å². The Hall–Kier alpha value is -1.84. The molecule has 0 aromatic heterocycles. The van der Waals surface area contributed by atoms with Gasteiger partial charge in [0.25, 0.3) is 0 Å². The molecule has 0 heterocycles. The van der Waals surface area contributed by atoms with Gasteiger partial charge in [-0.1, -0.05) is 6.07 Å². The Morgan fingerprint density at radius 1 is 1.17 bits per heavy atom.